The van der Waals surface area contributed by atoms with Crippen molar-refractivity contribution in [2.75, 3.05) is 9.80 Å². The summed E-state index contributed by atoms with van der Waals surface area (Å²) in [6, 6.07) is 58.2. The third-order valence-corrected chi connectivity index (χ3v) is 8.55. The van der Waals surface area contributed by atoms with E-state index in [9.17, 15) is 0 Å². The number of benzene rings is 8. The predicted molar refractivity (Wildman–Crippen MR) is 188 cm³/mol. The van der Waals surface area contributed by atoms with Gasteiger partial charge in [-0.1, -0.05) is 91.0 Å². The smallest absolute Gasteiger partial charge is 0.0619 e. The molecule has 0 saturated carbocycles. The zero-order chi connectivity index (χ0) is 29.6. The minimum Gasteiger partial charge on any atom is -0.310 e. The van der Waals surface area contributed by atoms with Gasteiger partial charge in [-0.3, -0.25) is 0 Å². The average Bonchev–Trinajstić information content (AvgIpc) is 3.06. The third-order valence-electron chi connectivity index (χ3n) is 8.55. The van der Waals surface area contributed by atoms with E-state index in [0.717, 1.165) is 34.1 Å². The SMILES string of the molecule is Cc1cccc(N(c2ccccc2)c2[c]cc3ccc4c(N(c5ccccc5)c5cccc(C)c5)ccc5ccc2c3c54)c1. The summed E-state index contributed by atoms with van der Waals surface area (Å²) in [6.07, 6.45) is 0. The van der Waals surface area contributed by atoms with Crippen LogP contribution in [0.25, 0.3) is 32.3 Å². The topological polar surface area (TPSA) is 6.48 Å². The largest absolute Gasteiger partial charge is 0.310 e. The second kappa shape index (κ2) is 10.6. The highest BCUT2D eigenvalue weighted by atomic mass is 15.1. The Morgan fingerprint density at radius 1 is 0.432 bits per heavy atom. The Balaban J connectivity index is 1.42. The zero-order valence-corrected chi connectivity index (χ0v) is 24.8. The van der Waals surface area contributed by atoms with E-state index in [-0.39, 0.29) is 0 Å². The Bertz CT molecular complexity index is 2090. The normalized spacial score (nSPS) is 11.4. The van der Waals surface area contributed by atoms with E-state index in [1.54, 1.807) is 0 Å². The van der Waals surface area contributed by atoms with Crippen molar-refractivity contribution in [2.45, 2.75) is 13.8 Å². The highest BCUT2D eigenvalue weighted by molar-refractivity contribution is 6.28. The van der Waals surface area contributed by atoms with Crippen LogP contribution in [0.2, 0.25) is 0 Å². The van der Waals surface area contributed by atoms with E-state index in [1.165, 1.54) is 43.4 Å². The van der Waals surface area contributed by atoms with Crippen molar-refractivity contribution in [1.82, 2.24) is 0 Å². The van der Waals surface area contributed by atoms with Gasteiger partial charge in [-0.25, -0.2) is 0 Å². The molecule has 0 atom stereocenters. The molecule has 0 unspecified atom stereocenters. The molecule has 44 heavy (non-hydrogen) atoms. The number of rotatable bonds is 6. The summed E-state index contributed by atoms with van der Waals surface area (Å²) in [5.74, 6) is 0. The highest BCUT2D eigenvalue weighted by Gasteiger charge is 2.21. The first-order valence-electron chi connectivity index (χ1n) is 15.1. The molecule has 0 bridgehead atoms. The standard InChI is InChI=1S/C42H31N2/c1-29-11-9-17-35(27-29)43(33-13-5-3-6-14-33)39-25-21-31-20-24-38-40(26-22-32-19-23-37(39)41(31)42(32)38)44(34-15-7-4-8-16-34)36-18-10-12-30(2)28-36/h3-25,27-28H,1-2H3. The first-order valence-corrected chi connectivity index (χ1v) is 15.1. The molecule has 0 aliphatic rings. The molecular weight excluding hydrogens is 532 g/mol. The summed E-state index contributed by atoms with van der Waals surface area (Å²) < 4.78 is 0. The summed E-state index contributed by atoms with van der Waals surface area (Å²) in [6.45, 7) is 4.30. The highest BCUT2D eigenvalue weighted by Crippen LogP contribution is 2.47. The lowest BCUT2D eigenvalue weighted by Crippen LogP contribution is -2.11. The maximum absolute atomic E-state index is 3.70. The Morgan fingerprint density at radius 2 is 0.955 bits per heavy atom. The number of anilines is 6. The van der Waals surface area contributed by atoms with Crippen LogP contribution in [-0.4, -0.2) is 0 Å². The molecule has 0 spiro atoms. The van der Waals surface area contributed by atoms with Crippen molar-refractivity contribution in [2.24, 2.45) is 0 Å². The van der Waals surface area contributed by atoms with Gasteiger partial charge in [0, 0.05) is 39.6 Å². The van der Waals surface area contributed by atoms with Crippen LogP contribution in [0.15, 0.2) is 152 Å². The quantitative estimate of drug-likeness (QED) is 0.186. The molecule has 2 nitrogen and oxygen atoms in total. The van der Waals surface area contributed by atoms with Crippen LogP contribution >= 0.6 is 0 Å². The molecule has 0 aliphatic carbocycles. The summed E-state index contributed by atoms with van der Waals surface area (Å²) in [5.41, 5.74) is 9.19. The number of nitrogens with zero attached hydrogens (tertiary/aromatic N) is 2. The number of para-hydroxylation sites is 2. The Labute approximate surface area is 258 Å². The summed E-state index contributed by atoms with van der Waals surface area (Å²) in [7, 11) is 0. The van der Waals surface area contributed by atoms with E-state index in [2.05, 4.69) is 181 Å². The molecule has 8 rings (SSSR count). The molecular formula is C42H31N2. The molecule has 209 valence electrons. The minimum atomic E-state index is 1.05. The molecule has 0 aromatic heterocycles. The number of hydrogen-bond acceptors (Lipinski definition) is 2. The summed E-state index contributed by atoms with van der Waals surface area (Å²) in [5, 5.41) is 7.38. The van der Waals surface area contributed by atoms with Gasteiger partial charge in [0.2, 0.25) is 0 Å². The fourth-order valence-corrected chi connectivity index (χ4v) is 6.60. The predicted octanol–water partition coefficient (Wildman–Crippen LogP) is 11.9. The van der Waals surface area contributed by atoms with Gasteiger partial charge in [-0.15, -0.1) is 0 Å². The van der Waals surface area contributed by atoms with Crippen molar-refractivity contribution in [3.63, 3.8) is 0 Å². The molecule has 0 amide bonds. The van der Waals surface area contributed by atoms with Gasteiger partial charge in [-0.05, 0) is 107 Å². The molecule has 1 radical (unpaired) electrons. The lowest BCUT2D eigenvalue weighted by atomic mass is 9.91. The average molecular weight is 564 g/mol. The van der Waals surface area contributed by atoms with Crippen molar-refractivity contribution in [3.8, 4) is 0 Å². The number of aryl methyl sites for hydroxylation is 2. The molecule has 0 saturated heterocycles. The van der Waals surface area contributed by atoms with Crippen LogP contribution < -0.4 is 9.80 Å². The molecule has 0 N–H and O–H groups in total. The van der Waals surface area contributed by atoms with Crippen molar-refractivity contribution in [1.29, 1.82) is 0 Å². The maximum atomic E-state index is 3.70. The first kappa shape index (κ1) is 26.1. The van der Waals surface area contributed by atoms with Crippen LogP contribution in [0, 0.1) is 19.9 Å². The molecule has 2 heteroatoms. The third kappa shape index (κ3) is 4.35. The van der Waals surface area contributed by atoms with Gasteiger partial charge in [0.1, 0.15) is 0 Å². The molecule has 8 aromatic carbocycles. The summed E-state index contributed by atoms with van der Waals surface area (Å²) >= 11 is 0. The van der Waals surface area contributed by atoms with Crippen LogP contribution in [0.3, 0.4) is 0 Å². The van der Waals surface area contributed by atoms with E-state index >= 15 is 0 Å². The second-order valence-corrected chi connectivity index (χ2v) is 11.5. The van der Waals surface area contributed by atoms with Crippen LogP contribution in [0.4, 0.5) is 34.1 Å². The second-order valence-electron chi connectivity index (χ2n) is 11.5. The van der Waals surface area contributed by atoms with Crippen molar-refractivity contribution < 1.29 is 0 Å². The van der Waals surface area contributed by atoms with E-state index in [4.69, 9.17) is 0 Å². The lowest BCUT2D eigenvalue weighted by molar-refractivity contribution is 1.28. The maximum Gasteiger partial charge on any atom is 0.0619 e. The Morgan fingerprint density at radius 3 is 1.61 bits per heavy atom. The van der Waals surface area contributed by atoms with Crippen LogP contribution in [0.5, 0.6) is 0 Å². The summed E-state index contributed by atoms with van der Waals surface area (Å²) in [4.78, 5) is 4.72. The van der Waals surface area contributed by atoms with Gasteiger partial charge in [0.05, 0.1) is 11.4 Å². The fourth-order valence-electron chi connectivity index (χ4n) is 6.60. The Kier molecular flexibility index (Phi) is 6.27. The minimum absolute atomic E-state index is 1.05. The van der Waals surface area contributed by atoms with E-state index in [1.807, 2.05) is 0 Å². The lowest BCUT2D eigenvalue weighted by Gasteiger charge is -2.29. The molecule has 0 fully saturated rings. The van der Waals surface area contributed by atoms with Gasteiger partial charge in [0.25, 0.3) is 0 Å². The first-order chi connectivity index (χ1) is 21.7. The van der Waals surface area contributed by atoms with Gasteiger partial charge in [0.15, 0.2) is 0 Å². The van der Waals surface area contributed by atoms with Crippen LogP contribution in [-0.2, 0) is 0 Å². The van der Waals surface area contributed by atoms with E-state index < -0.39 is 0 Å². The van der Waals surface area contributed by atoms with E-state index in [0.29, 0.717) is 0 Å². The van der Waals surface area contributed by atoms with Gasteiger partial charge >= 0.3 is 0 Å². The van der Waals surface area contributed by atoms with Gasteiger partial charge < -0.3 is 9.80 Å². The molecule has 8 aromatic rings. The number of hydrogen-bond donors (Lipinski definition) is 0. The monoisotopic (exact) mass is 563 g/mol. The van der Waals surface area contributed by atoms with Crippen molar-refractivity contribution in [3.05, 3.63) is 169 Å². The zero-order valence-electron chi connectivity index (χ0n) is 24.8. The fraction of sp³-hybridized carbons (Fsp3) is 0.0476. The van der Waals surface area contributed by atoms with Gasteiger partial charge in [-0.2, -0.15) is 0 Å². The Hall–Kier alpha value is -5.60. The molecule has 0 aliphatic heterocycles. The van der Waals surface area contributed by atoms with Crippen molar-refractivity contribution >= 4 is 66.4 Å². The molecule has 0 heterocycles. The van der Waals surface area contributed by atoms with Crippen LogP contribution in [0.1, 0.15) is 11.1 Å².